The van der Waals surface area contributed by atoms with Crippen LogP contribution in [-0.4, -0.2) is 32.7 Å². The quantitative estimate of drug-likeness (QED) is 0.598. The van der Waals surface area contributed by atoms with Crippen LogP contribution in [0.4, 0.5) is 0 Å². The SMILES string of the molecule is NCCN(Cc1ccccc1)Cc1ccccc1.O=P(O)(O)O. The Hall–Kier alpha value is -1.53. The third-order valence-electron chi connectivity index (χ3n) is 2.94. The van der Waals surface area contributed by atoms with Crippen LogP contribution in [0.2, 0.25) is 0 Å². The van der Waals surface area contributed by atoms with Gasteiger partial charge in [-0.15, -0.1) is 0 Å². The Bertz CT molecular complexity index is 540. The summed E-state index contributed by atoms with van der Waals surface area (Å²) in [6, 6.07) is 21.1. The Morgan fingerprint density at radius 1 is 0.826 bits per heavy atom. The molecule has 0 aromatic heterocycles. The fraction of sp³-hybridized carbons (Fsp3) is 0.250. The normalized spacial score (nSPS) is 11.0. The van der Waals surface area contributed by atoms with Crippen LogP contribution in [0.15, 0.2) is 60.7 Å². The monoisotopic (exact) mass is 338 g/mol. The average molecular weight is 338 g/mol. The summed E-state index contributed by atoms with van der Waals surface area (Å²) in [6.45, 7) is 3.52. The molecule has 23 heavy (non-hydrogen) atoms. The molecule has 0 radical (unpaired) electrons. The van der Waals surface area contributed by atoms with E-state index in [0.717, 1.165) is 19.6 Å². The van der Waals surface area contributed by atoms with Crippen molar-refractivity contribution in [3.63, 3.8) is 0 Å². The third kappa shape index (κ3) is 10.8. The van der Waals surface area contributed by atoms with Crippen molar-refractivity contribution >= 4 is 7.82 Å². The summed E-state index contributed by atoms with van der Waals surface area (Å²) in [5.41, 5.74) is 8.37. The molecule has 126 valence electrons. The fourth-order valence-corrected chi connectivity index (χ4v) is 2.08. The highest BCUT2D eigenvalue weighted by Gasteiger charge is 2.05. The summed E-state index contributed by atoms with van der Waals surface area (Å²) in [5.74, 6) is 0. The first-order valence-electron chi connectivity index (χ1n) is 7.17. The number of benzene rings is 2. The maximum absolute atomic E-state index is 8.88. The van der Waals surface area contributed by atoms with Gasteiger partial charge in [-0.1, -0.05) is 60.7 Å². The second kappa shape index (κ2) is 10.3. The Morgan fingerprint density at radius 3 is 1.48 bits per heavy atom. The van der Waals surface area contributed by atoms with Crippen molar-refractivity contribution in [1.29, 1.82) is 0 Å². The fourth-order valence-electron chi connectivity index (χ4n) is 2.08. The van der Waals surface area contributed by atoms with Crippen LogP contribution in [0.3, 0.4) is 0 Å². The number of phosphoric acid groups is 1. The van der Waals surface area contributed by atoms with Gasteiger partial charge in [0.15, 0.2) is 0 Å². The standard InChI is InChI=1S/C16H20N2.H3O4P/c17-11-12-18(13-15-7-3-1-4-8-15)14-16-9-5-2-6-10-16;1-5(2,3)4/h1-10H,11-14,17H2;(H3,1,2,3,4). The third-order valence-corrected chi connectivity index (χ3v) is 2.94. The van der Waals surface area contributed by atoms with Gasteiger partial charge < -0.3 is 20.4 Å². The predicted octanol–water partition coefficient (Wildman–Crippen LogP) is 1.72. The molecule has 0 spiro atoms. The topological polar surface area (TPSA) is 107 Å². The van der Waals surface area contributed by atoms with Gasteiger partial charge >= 0.3 is 7.82 Å². The summed E-state index contributed by atoms with van der Waals surface area (Å²) in [5, 5.41) is 0. The van der Waals surface area contributed by atoms with E-state index in [1.807, 2.05) is 12.1 Å². The first kappa shape index (κ1) is 19.5. The minimum Gasteiger partial charge on any atom is -0.329 e. The van der Waals surface area contributed by atoms with Crippen LogP contribution >= 0.6 is 7.82 Å². The molecule has 2 aromatic carbocycles. The molecule has 0 aliphatic heterocycles. The Morgan fingerprint density at radius 2 is 1.17 bits per heavy atom. The zero-order valence-electron chi connectivity index (χ0n) is 12.8. The van der Waals surface area contributed by atoms with Crippen LogP contribution in [0.5, 0.6) is 0 Å². The van der Waals surface area contributed by atoms with Crippen LogP contribution in [-0.2, 0) is 17.7 Å². The summed E-state index contributed by atoms with van der Waals surface area (Å²) in [4.78, 5) is 23.9. The largest absolute Gasteiger partial charge is 0.466 e. The first-order chi connectivity index (χ1) is 10.9. The lowest BCUT2D eigenvalue weighted by molar-refractivity contribution is 0.264. The Kier molecular flexibility index (Phi) is 8.73. The minimum atomic E-state index is -4.64. The molecule has 0 bridgehead atoms. The van der Waals surface area contributed by atoms with Gasteiger partial charge in [0.2, 0.25) is 0 Å². The lowest BCUT2D eigenvalue weighted by atomic mass is 10.1. The maximum atomic E-state index is 8.88. The van der Waals surface area contributed by atoms with E-state index in [1.165, 1.54) is 11.1 Å². The molecule has 0 unspecified atom stereocenters. The van der Waals surface area contributed by atoms with Crippen molar-refractivity contribution < 1.29 is 19.2 Å². The molecule has 7 heteroatoms. The summed E-state index contributed by atoms with van der Waals surface area (Å²) >= 11 is 0. The van der Waals surface area contributed by atoms with Crippen molar-refractivity contribution in [1.82, 2.24) is 4.90 Å². The molecule has 0 saturated carbocycles. The molecule has 0 atom stereocenters. The number of nitrogens with zero attached hydrogens (tertiary/aromatic N) is 1. The molecule has 0 heterocycles. The van der Waals surface area contributed by atoms with E-state index < -0.39 is 7.82 Å². The van der Waals surface area contributed by atoms with E-state index >= 15 is 0 Å². The predicted molar refractivity (Wildman–Crippen MR) is 90.3 cm³/mol. The Labute approximate surface area is 136 Å². The molecule has 0 amide bonds. The number of hydrogen-bond acceptors (Lipinski definition) is 3. The van der Waals surface area contributed by atoms with Gasteiger partial charge in [0, 0.05) is 26.2 Å². The van der Waals surface area contributed by atoms with Crippen molar-refractivity contribution in [3.8, 4) is 0 Å². The van der Waals surface area contributed by atoms with Crippen LogP contribution in [0.1, 0.15) is 11.1 Å². The van der Waals surface area contributed by atoms with E-state index in [-0.39, 0.29) is 0 Å². The van der Waals surface area contributed by atoms with Crippen molar-refractivity contribution in [2.45, 2.75) is 13.1 Å². The van der Waals surface area contributed by atoms with Gasteiger partial charge in [0.25, 0.3) is 0 Å². The zero-order chi connectivity index (χ0) is 17.1. The molecule has 2 rings (SSSR count). The van der Waals surface area contributed by atoms with Gasteiger partial charge in [-0.2, -0.15) is 0 Å². The number of nitrogens with two attached hydrogens (primary N) is 1. The molecular weight excluding hydrogens is 315 g/mol. The number of hydrogen-bond donors (Lipinski definition) is 4. The van der Waals surface area contributed by atoms with Gasteiger partial charge in [-0.25, -0.2) is 4.57 Å². The Balaban J connectivity index is 0.000000463. The lowest BCUT2D eigenvalue weighted by Gasteiger charge is -2.21. The highest BCUT2D eigenvalue weighted by molar-refractivity contribution is 7.45. The molecule has 0 aliphatic rings. The van der Waals surface area contributed by atoms with Gasteiger partial charge in [-0.3, -0.25) is 4.90 Å². The van der Waals surface area contributed by atoms with E-state index in [9.17, 15) is 0 Å². The van der Waals surface area contributed by atoms with Gasteiger partial charge in [-0.05, 0) is 11.1 Å². The molecule has 6 nitrogen and oxygen atoms in total. The van der Waals surface area contributed by atoms with Crippen molar-refractivity contribution in [2.75, 3.05) is 13.1 Å². The number of rotatable bonds is 6. The molecular formula is C16H23N2O4P. The lowest BCUT2D eigenvalue weighted by Crippen LogP contribution is -2.28. The second-order valence-electron chi connectivity index (χ2n) is 4.98. The summed E-state index contributed by atoms with van der Waals surface area (Å²) in [6.07, 6.45) is 0. The summed E-state index contributed by atoms with van der Waals surface area (Å²) < 4.78 is 8.88. The van der Waals surface area contributed by atoms with E-state index in [4.69, 9.17) is 25.0 Å². The zero-order valence-corrected chi connectivity index (χ0v) is 13.7. The highest BCUT2D eigenvalue weighted by atomic mass is 31.2. The molecule has 0 saturated heterocycles. The second-order valence-corrected chi connectivity index (χ2v) is 6.01. The molecule has 5 N–H and O–H groups in total. The van der Waals surface area contributed by atoms with Gasteiger partial charge in [0.05, 0.1) is 0 Å². The van der Waals surface area contributed by atoms with Crippen LogP contribution < -0.4 is 5.73 Å². The van der Waals surface area contributed by atoms with Crippen LogP contribution in [0, 0.1) is 0 Å². The summed E-state index contributed by atoms with van der Waals surface area (Å²) in [7, 11) is -4.64. The smallest absolute Gasteiger partial charge is 0.329 e. The van der Waals surface area contributed by atoms with E-state index in [2.05, 4.69) is 53.4 Å². The van der Waals surface area contributed by atoms with Crippen molar-refractivity contribution in [3.05, 3.63) is 71.8 Å². The first-order valence-corrected chi connectivity index (χ1v) is 8.73. The van der Waals surface area contributed by atoms with Gasteiger partial charge in [0.1, 0.15) is 0 Å². The van der Waals surface area contributed by atoms with Crippen LogP contribution in [0.25, 0.3) is 0 Å². The van der Waals surface area contributed by atoms with E-state index in [1.54, 1.807) is 0 Å². The highest BCUT2D eigenvalue weighted by Crippen LogP contribution is 2.25. The minimum absolute atomic E-state index is 0.694. The van der Waals surface area contributed by atoms with Crippen molar-refractivity contribution in [2.24, 2.45) is 5.73 Å². The average Bonchev–Trinajstić information content (AvgIpc) is 2.48. The molecule has 0 fully saturated rings. The molecule has 0 aliphatic carbocycles. The van der Waals surface area contributed by atoms with E-state index in [0.29, 0.717) is 6.54 Å². The molecule has 2 aromatic rings. The maximum Gasteiger partial charge on any atom is 0.466 e.